The Balaban J connectivity index is 2.70. The maximum absolute atomic E-state index is 11.9. The van der Waals surface area contributed by atoms with Crippen molar-refractivity contribution < 1.29 is 4.79 Å². The van der Waals surface area contributed by atoms with Crippen LogP contribution in [-0.2, 0) is 4.79 Å². The first-order chi connectivity index (χ1) is 8.91. The molecule has 19 heavy (non-hydrogen) atoms. The number of primary amides is 1. The summed E-state index contributed by atoms with van der Waals surface area (Å²) in [6, 6.07) is 0.466. The van der Waals surface area contributed by atoms with E-state index in [0.717, 1.165) is 38.8 Å². The lowest BCUT2D eigenvalue weighted by molar-refractivity contribution is -0.126. The van der Waals surface area contributed by atoms with Crippen molar-refractivity contribution in [3.05, 3.63) is 0 Å². The lowest BCUT2D eigenvalue weighted by Crippen LogP contribution is -2.60. The van der Waals surface area contributed by atoms with Gasteiger partial charge in [0.25, 0.3) is 0 Å². The van der Waals surface area contributed by atoms with Gasteiger partial charge in [0.1, 0.15) is 0 Å². The Morgan fingerprint density at radius 1 is 1.53 bits per heavy atom. The number of nitrogens with one attached hydrogen (secondary N) is 1. The molecule has 0 spiro atoms. The van der Waals surface area contributed by atoms with Crippen molar-refractivity contribution in [3.8, 4) is 0 Å². The topological polar surface area (TPSA) is 58.4 Å². The predicted molar refractivity (Wildman–Crippen MR) is 79.9 cm³/mol. The van der Waals surface area contributed by atoms with E-state index in [1.54, 1.807) is 0 Å². The summed E-state index contributed by atoms with van der Waals surface area (Å²) >= 11 is 0. The molecule has 1 fully saturated rings. The molecular weight excluding hydrogens is 238 g/mol. The lowest BCUT2D eigenvalue weighted by atomic mass is 9.77. The molecule has 3 N–H and O–H groups in total. The Hall–Kier alpha value is -0.610. The van der Waals surface area contributed by atoms with Crippen LogP contribution in [0.4, 0.5) is 0 Å². The van der Waals surface area contributed by atoms with E-state index in [0.29, 0.717) is 12.0 Å². The van der Waals surface area contributed by atoms with Crippen LogP contribution in [0.2, 0.25) is 0 Å². The van der Waals surface area contributed by atoms with Crippen LogP contribution >= 0.6 is 0 Å². The van der Waals surface area contributed by atoms with E-state index >= 15 is 0 Å². The fourth-order valence-corrected chi connectivity index (χ4v) is 3.18. The minimum absolute atomic E-state index is 0.177. The number of hydrogen-bond acceptors (Lipinski definition) is 3. The van der Waals surface area contributed by atoms with Crippen molar-refractivity contribution in [2.45, 2.75) is 64.5 Å². The Labute approximate surface area is 118 Å². The Bertz CT molecular complexity index is 293. The predicted octanol–water partition coefficient (Wildman–Crippen LogP) is 1.74. The van der Waals surface area contributed by atoms with Gasteiger partial charge in [-0.25, -0.2) is 0 Å². The summed E-state index contributed by atoms with van der Waals surface area (Å²) < 4.78 is 0. The van der Waals surface area contributed by atoms with Crippen LogP contribution in [-0.4, -0.2) is 42.5 Å². The monoisotopic (exact) mass is 269 g/mol. The molecule has 4 nitrogen and oxygen atoms in total. The molecule has 112 valence electrons. The van der Waals surface area contributed by atoms with Gasteiger partial charge >= 0.3 is 0 Å². The lowest BCUT2D eigenvalue weighted by Gasteiger charge is -2.43. The summed E-state index contributed by atoms with van der Waals surface area (Å²) in [7, 11) is 2.17. The third-order valence-electron chi connectivity index (χ3n) is 4.19. The molecular formula is C15H31N3O. The first-order valence-corrected chi connectivity index (χ1v) is 7.66. The highest BCUT2D eigenvalue weighted by Crippen LogP contribution is 2.31. The average Bonchev–Trinajstić information content (AvgIpc) is 2.35. The molecule has 0 heterocycles. The van der Waals surface area contributed by atoms with Gasteiger partial charge < -0.3 is 16.0 Å². The van der Waals surface area contributed by atoms with Gasteiger partial charge in [-0.2, -0.15) is 0 Å². The second-order valence-electron chi connectivity index (χ2n) is 6.46. The van der Waals surface area contributed by atoms with E-state index in [1.807, 2.05) is 0 Å². The van der Waals surface area contributed by atoms with Crippen LogP contribution in [0, 0.1) is 5.92 Å². The summed E-state index contributed by atoms with van der Waals surface area (Å²) in [6.07, 6.45) is 5.01. The van der Waals surface area contributed by atoms with Crippen LogP contribution in [0.15, 0.2) is 0 Å². The molecule has 2 atom stereocenters. The zero-order valence-corrected chi connectivity index (χ0v) is 13.0. The number of hydrogen-bond donors (Lipinski definition) is 2. The van der Waals surface area contributed by atoms with E-state index in [9.17, 15) is 4.79 Å². The van der Waals surface area contributed by atoms with Gasteiger partial charge in [0.05, 0.1) is 5.54 Å². The summed E-state index contributed by atoms with van der Waals surface area (Å²) in [5.41, 5.74) is 5.20. The molecule has 1 aliphatic carbocycles. The third-order valence-corrected chi connectivity index (χ3v) is 4.19. The number of carbonyl (C=O) groups is 1. The fourth-order valence-electron chi connectivity index (χ4n) is 3.18. The minimum atomic E-state index is -0.482. The van der Waals surface area contributed by atoms with Crippen LogP contribution < -0.4 is 11.1 Å². The number of nitrogens with two attached hydrogens (primary N) is 1. The van der Waals surface area contributed by atoms with Crippen molar-refractivity contribution in [1.82, 2.24) is 10.2 Å². The second kappa shape index (κ2) is 7.25. The van der Waals surface area contributed by atoms with Crippen molar-refractivity contribution in [2.75, 3.05) is 20.1 Å². The Morgan fingerprint density at radius 2 is 2.21 bits per heavy atom. The quantitative estimate of drug-likeness (QED) is 0.740. The largest absolute Gasteiger partial charge is 0.368 e. The molecule has 0 aromatic heterocycles. The molecule has 0 bridgehead atoms. The normalized spacial score (nSPS) is 28.0. The molecule has 1 saturated carbocycles. The van der Waals surface area contributed by atoms with Crippen LogP contribution in [0.3, 0.4) is 0 Å². The van der Waals surface area contributed by atoms with Gasteiger partial charge in [0, 0.05) is 12.6 Å². The fraction of sp³-hybridized carbons (Fsp3) is 0.933. The minimum Gasteiger partial charge on any atom is -0.368 e. The molecule has 0 saturated heterocycles. The average molecular weight is 269 g/mol. The summed E-state index contributed by atoms with van der Waals surface area (Å²) in [5, 5.41) is 3.42. The van der Waals surface area contributed by atoms with Crippen LogP contribution in [0.25, 0.3) is 0 Å². The van der Waals surface area contributed by atoms with Crippen LogP contribution in [0.1, 0.15) is 52.9 Å². The maximum Gasteiger partial charge on any atom is 0.237 e. The SMILES string of the molecule is CCCNC1(C(N)=O)CCCC(N(C)CC(C)C)C1. The van der Waals surface area contributed by atoms with E-state index in [4.69, 9.17) is 5.73 Å². The van der Waals surface area contributed by atoms with Crippen molar-refractivity contribution in [1.29, 1.82) is 0 Å². The smallest absolute Gasteiger partial charge is 0.237 e. The highest BCUT2D eigenvalue weighted by molar-refractivity contribution is 5.84. The molecule has 0 aromatic carbocycles. The highest BCUT2D eigenvalue weighted by Gasteiger charge is 2.41. The molecule has 4 heteroatoms. The van der Waals surface area contributed by atoms with Crippen molar-refractivity contribution in [3.63, 3.8) is 0 Å². The first kappa shape index (κ1) is 16.4. The maximum atomic E-state index is 11.9. The summed E-state index contributed by atoms with van der Waals surface area (Å²) in [4.78, 5) is 14.3. The Kier molecular flexibility index (Phi) is 6.27. The molecule has 2 unspecified atom stereocenters. The number of nitrogens with zero attached hydrogens (tertiary/aromatic N) is 1. The van der Waals surface area contributed by atoms with Gasteiger partial charge in [0.15, 0.2) is 0 Å². The van der Waals surface area contributed by atoms with Crippen molar-refractivity contribution in [2.24, 2.45) is 11.7 Å². The van der Waals surface area contributed by atoms with Gasteiger partial charge in [-0.05, 0) is 51.6 Å². The molecule has 1 amide bonds. The molecule has 0 radical (unpaired) electrons. The van der Waals surface area contributed by atoms with Gasteiger partial charge in [-0.15, -0.1) is 0 Å². The standard InChI is InChI=1S/C15H31N3O/c1-5-9-17-15(14(16)19)8-6-7-13(10-15)18(4)11-12(2)3/h12-13,17H,5-11H2,1-4H3,(H2,16,19). The van der Waals surface area contributed by atoms with E-state index in [1.165, 1.54) is 6.42 Å². The zero-order valence-electron chi connectivity index (χ0n) is 13.0. The Morgan fingerprint density at radius 3 is 2.74 bits per heavy atom. The highest BCUT2D eigenvalue weighted by atomic mass is 16.1. The molecule has 1 aliphatic rings. The first-order valence-electron chi connectivity index (χ1n) is 7.66. The number of amides is 1. The van der Waals surface area contributed by atoms with Crippen LogP contribution in [0.5, 0.6) is 0 Å². The zero-order chi connectivity index (χ0) is 14.5. The second-order valence-corrected chi connectivity index (χ2v) is 6.46. The van der Waals surface area contributed by atoms with E-state index < -0.39 is 5.54 Å². The molecule has 0 aliphatic heterocycles. The number of carbonyl (C=O) groups excluding carboxylic acids is 1. The van der Waals surface area contributed by atoms with E-state index in [2.05, 4.69) is 38.0 Å². The van der Waals surface area contributed by atoms with E-state index in [-0.39, 0.29) is 5.91 Å². The van der Waals surface area contributed by atoms with Gasteiger partial charge in [-0.3, -0.25) is 4.79 Å². The number of rotatable bonds is 7. The third kappa shape index (κ3) is 4.46. The van der Waals surface area contributed by atoms with Gasteiger partial charge in [0.2, 0.25) is 5.91 Å². The van der Waals surface area contributed by atoms with Gasteiger partial charge in [-0.1, -0.05) is 20.8 Å². The molecule has 0 aromatic rings. The molecule has 1 rings (SSSR count). The summed E-state index contributed by atoms with van der Waals surface area (Å²) in [5.74, 6) is 0.474. The van der Waals surface area contributed by atoms with Crippen molar-refractivity contribution >= 4 is 5.91 Å². The summed E-state index contributed by atoms with van der Waals surface area (Å²) in [6.45, 7) is 8.52.